The van der Waals surface area contributed by atoms with Gasteiger partial charge in [0.1, 0.15) is 17.0 Å². The molecule has 4 heterocycles. The van der Waals surface area contributed by atoms with Crippen LogP contribution in [0, 0.1) is 0 Å². The Morgan fingerprint density at radius 2 is 1.97 bits per heavy atom. The van der Waals surface area contributed by atoms with E-state index in [-0.39, 0.29) is 11.4 Å². The SMILES string of the molecule is COc1c(Nc2cc(Nc3ccc(N4CCOCC4)cn3)nc3[nH]n(C)c(=O)c23)cccc1/C(N)=N/N(C)N. The van der Waals surface area contributed by atoms with Gasteiger partial charge in [-0.2, -0.15) is 0 Å². The standard InChI is InChI=1S/C25H31N11O3/c1-34-25(37)21-18(29-17-6-4-5-16(22(17)38-3)23(26)32-35(2)27)13-20(31-24(21)33-34)30-19-8-7-15(14-28-19)36-9-11-39-12-10-36/h4-8,13-14H,9-12,27H2,1-3H3,(H2,26,32)(H3,28,29,30,31,33). The molecule has 0 saturated carbocycles. The molecule has 0 bridgehead atoms. The number of fused-ring (bicyclic) bond motifs is 1. The van der Waals surface area contributed by atoms with E-state index in [0.29, 0.717) is 58.6 Å². The predicted octanol–water partition coefficient (Wildman–Crippen LogP) is 1.41. The van der Waals surface area contributed by atoms with Crippen molar-refractivity contribution in [2.75, 3.05) is 56.0 Å². The Bertz CT molecular complexity index is 1550. The number of hydrazone groups is 1. The van der Waals surface area contributed by atoms with Gasteiger partial charge in [0.25, 0.3) is 5.56 Å². The van der Waals surface area contributed by atoms with Crippen LogP contribution in [0.15, 0.2) is 52.5 Å². The Balaban J connectivity index is 1.49. The highest BCUT2D eigenvalue weighted by Gasteiger charge is 2.18. The number of aromatic amines is 1. The number of morpholine rings is 1. The second kappa shape index (κ2) is 10.9. The maximum atomic E-state index is 13.0. The van der Waals surface area contributed by atoms with Crippen LogP contribution in [0.4, 0.5) is 28.7 Å². The van der Waals surface area contributed by atoms with E-state index in [1.807, 2.05) is 24.4 Å². The lowest BCUT2D eigenvalue weighted by Gasteiger charge is -2.28. The fourth-order valence-corrected chi connectivity index (χ4v) is 4.41. The normalized spacial score (nSPS) is 13.9. The summed E-state index contributed by atoms with van der Waals surface area (Å²) in [5.74, 6) is 7.34. The van der Waals surface area contributed by atoms with Crippen LogP contribution >= 0.6 is 0 Å². The van der Waals surface area contributed by atoms with Gasteiger partial charge in [0, 0.05) is 33.3 Å². The summed E-state index contributed by atoms with van der Waals surface area (Å²) in [6, 6.07) is 11.0. The minimum absolute atomic E-state index is 0.173. The first-order valence-corrected chi connectivity index (χ1v) is 12.3. The highest BCUT2D eigenvalue weighted by Crippen LogP contribution is 2.34. The third kappa shape index (κ3) is 5.42. The monoisotopic (exact) mass is 533 g/mol. The molecule has 0 spiro atoms. The zero-order chi connectivity index (χ0) is 27.5. The number of H-pyrrole nitrogens is 1. The number of hydrogen-bond donors (Lipinski definition) is 5. The Hall–Kier alpha value is -4.82. The van der Waals surface area contributed by atoms with E-state index in [4.69, 9.17) is 21.1 Å². The number of pyridine rings is 2. The van der Waals surface area contributed by atoms with Gasteiger partial charge < -0.3 is 30.7 Å². The van der Waals surface area contributed by atoms with Crippen LogP contribution in [0.25, 0.3) is 11.0 Å². The van der Waals surface area contributed by atoms with Gasteiger partial charge >= 0.3 is 0 Å². The lowest BCUT2D eigenvalue weighted by molar-refractivity contribution is 0.122. The summed E-state index contributed by atoms with van der Waals surface area (Å²) in [7, 11) is 4.73. The summed E-state index contributed by atoms with van der Waals surface area (Å²) in [6.07, 6.45) is 1.82. The second-order valence-corrected chi connectivity index (χ2v) is 8.95. The van der Waals surface area contributed by atoms with Crippen LogP contribution in [0.3, 0.4) is 0 Å². The average molecular weight is 534 g/mol. The molecule has 204 valence electrons. The molecule has 1 fully saturated rings. The number of rotatable bonds is 8. The van der Waals surface area contributed by atoms with Crippen molar-refractivity contribution in [2.24, 2.45) is 23.7 Å². The molecule has 0 aliphatic carbocycles. The quantitative estimate of drug-likeness (QED) is 0.0957. The number of hydrazine groups is 1. The number of amidine groups is 1. The van der Waals surface area contributed by atoms with Gasteiger partial charge in [0.15, 0.2) is 17.2 Å². The smallest absolute Gasteiger partial charge is 0.277 e. The van der Waals surface area contributed by atoms with E-state index >= 15 is 0 Å². The summed E-state index contributed by atoms with van der Waals surface area (Å²) in [6.45, 7) is 3.06. The largest absolute Gasteiger partial charge is 0.494 e. The molecule has 1 saturated heterocycles. The molecule has 0 amide bonds. The first-order chi connectivity index (χ1) is 18.8. The van der Waals surface area contributed by atoms with Gasteiger partial charge in [-0.05, 0) is 24.3 Å². The van der Waals surface area contributed by atoms with Crippen molar-refractivity contribution in [3.8, 4) is 5.75 Å². The molecule has 14 heteroatoms. The van der Waals surface area contributed by atoms with Crippen LogP contribution in [-0.2, 0) is 11.8 Å². The van der Waals surface area contributed by atoms with E-state index in [1.54, 1.807) is 32.3 Å². The lowest BCUT2D eigenvalue weighted by Crippen LogP contribution is -2.36. The minimum atomic E-state index is -0.236. The van der Waals surface area contributed by atoms with E-state index in [9.17, 15) is 4.79 Å². The van der Waals surface area contributed by atoms with Crippen molar-refractivity contribution in [3.63, 3.8) is 0 Å². The lowest BCUT2D eigenvalue weighted by atomic mass is 10.1. The van der Waals surface area contributed by atoms with Crippen LogP contribution < -0.4 is 37.4 Å². The van der Waals surface area contributed by atoms with Crippen molar-refractivity contribution in [1.82, 2.24) is 24.9 Å². The van der Waals surface area contributed by atoms with Gasteiger partial charge in [0.2, 0.25) is 0 Å². The molecular formula is C25H31N11O3. The zero-order valence-corrected chi connectivity index (χ0v) is 21.9. The molecule has 39 heavy (non-hydrogen) atoms. The summed E-state index contributed by atoms with van der Waals surface area (Å²) >= 11 is 0. The zero-order valence-electron chi connectivity index (χ0n) is 21.9. The molecule has 3 aromatic heterocycles. The topological polar surface area (TPSA) is 177 Å². The number of nitrogens with zero attached hydrogens (tertiary/aromatic N) is 6. The first-order valence-electron chi connectivity index (χ1n) is 12.3. The maximum Gasteiger partial charge on any atom is 0.277 e. The van der Waals surface area contributed by atoms with Gasteiger partial charge in [-0.25, -0.2) is 20.9 Å². The van der Waals surface area contributed by atoms with E-state index in [2.05, 4.69) is 35.7 Å². The van der Waals surface area contributed by atoms with E-state index < -0.39 is 0 Å². The number of aryl methyl sites for hydroxylation is 1. The molecule has 0 unspecified atom stereocenters. The average Bonchev–Trinajstić information content (AvgIpc) is 3.22. The van der Waals surface area contributed by atoms with Crippen molar-refractivity contribution >= 4 is 45.6 Å². The van der Waals surface area contributed by atoms with Crippen LogP contribution in [0.2, 0.25) is 0 Å². The summed E-state index contributed by atoms with van der Waals surface area (Å²) in [4.78, 5) is 24.4. The second-order valence-electron chi connectivity index (χ2n) is 8.95. The molecular weight excluding hydrogens is 502 g/mol. The molecule has 7 N–H and O–H groups in total. The van der Waals surface area contributed by atoms with E-state index in [0.717, 1.165) is 23.9 Å². The fourth-order valence-electron chi connectivity index (χ4n) is 4.41. The van der Waals surface area contributed by atoms with Gasteiger partial charge in [-0.15, -0.1) is 5.10 Å². The number of anilines is 5. The number of nitrogens with one attached hydrogen (secondary N) is 3. The Labute approximate surface area is 224 Å². The number of ether oxygens (including phenoxy) is 2. The molecule has 0 radical (unpaired) electrons. The number of hydrogen-bond acceptors (Lipinski definition) is 11. The summed E-state index contributed by atoms with van der Waals surface area (Å²) in [5.41, 5.74) is 8.96. The Morgan fingerprint density at radius 3 is 2.67 bits per heavy atom. The number of para-hydroxylation sites is 1. The van der Waals surface area contributed by atoms with Crippen molar-refractivity contribution in [2.45, 2.75) is 0 Å². The molecule has 5 rings (SSSR count). The summed E-state index contributed by atoms with van der Waals surface area (Å²) < 4.78 is 12.5. The number of nitrogens with two attached hydrogens (primary N) is 2. The van der Waals surface area contributed by atoms with Crippen molar-refractivity contribution in [1.29, 1.82) is 0 Å². The van der Waals surface area contributed by atoms with Gasteiger partial charge in [-0.3, -0.25) is 14.6 Å². The number of methoxy groups -OCH3 is 1. The Kier molecular flexibility index (Phi) is 7.21. The van der Waals surface area contributed by atoms with Gasteiger partial charge in [0.05, 0.1) is 49.1 Å². The molecule has 14 nitrogen and oxygen atoms in total. The molecule has 0 atom stereocenters. The van der Waals surface area contributed by atoms with Crippen LogP contribution in [-0.4, -0.2) is 71.2 Å². The van der Waals surface area contributed by atoms with Crippen LogP contribution in [0.1, 0.15) is 5.56 Å². The minimum Gasteiger partial charge on any atom is -0.494 e. The number of aromatic nitrogens is 4. The molecule has 1 aliphatic rings. The Morgan fingerprint density at radius 1 is 1.18 bits per heavy atom. The molecule has 1 aliphatic heterocycles. The third-order valence-corrected chi connectivity index (χ3v) is 6.22. The van der Waals surface area contributed by atoms with Gasteiger partial charge in [-0.1, -0.05) is 6.07 Å². The first kappa shape index (κ1) is 25.8. The van der Waals surface area contributed by atoms with Crippen LogP contribution in [0.5, 0.6) is 5.75 Å². The maximum absolute atomic E-state index is 13.0. The number of benzene rings is 1. The van der Waals surface area contributed by atoms with E-state index in [1.165, 1.54) is 11.8 Å². The molecule has 4 aromatic rings. The summed E-state index contributed by atoms with van der Waals surface area (Å²) in [5, 5.41) is 15.1. The third-order valence-electron chi connectivity index (χ3n) is 6.22. The predicted molar refractivity (Wildman–Crippen MR) is 151 cm³/mol. The van der Waals surface area contributed by atoms with Crippen molar-refractivity contribution < 1.29 is 9.47 Å². The van der Waals surface area contributed by atoms with Crippen molar-refractivity contribution in [3.05, 3.63) is 58.5 Å². The molecule has 1 aromatic carbocycles. The highest BCUT2D eigenvalue weighted by atomic mass is 16.5. The highest BCUT2D eigenvalue weighted by molar-refractivity contribution is 6.02. The fraction of sp³-hybridized carbons (Fsp3) is 0.280.